The summed E-state index contributed by atoms with van der Waals surface area (Å²) in [6.07, 6.45) is 1.83. The number of rotatable bonds is 6. The summed E-state index contributed by atoms with van der Waals surface area (Å²) in [5.74, 6) is -1.27. The van der Waals surface area contributed by atoms with Crippen molar-refractivity contribution in [3.05, 3.63) is 63.2 Å². The molecule has 0 aliphatic carbocycles. The molecule has 0 heterocycles. The van der Waals surface area contributed by atoms with Crippen molar-refractivity contribution >= 4 is 35.0 Å². The van der Waals surface area contributed by atoms with Gasteiger partial charge in [0, 0.05) is 11.0 Å². The van der Waals surface area contributed by atoms with E-state index in [0.717, 1.165) is 10.5 Å². The van der Waals surface area contributed by atoms with Gasteiger partial charge in [0.05, 0.1) is 10.5 Å². The van der Waals surface area contributed by atoms with Crippen molar-refractivity contribution in [3.63, 3.8) is 0 Å². The van der Waals surface area contributed by atoms with E-state index in [1.807, 2.05) is 6.26 Å². The van der Waals surface area contributed by atoms with Crippen LogP contribution in [-0.4, -0.2) is 29.7 Å². The van der Waals surface area contributed by atoms with Crippen molar-refractivity contribution < 1.29 is 19.2 Å². The standard InChI is InChI=1S/C18H18N2O5S/c1-11-8-9-14(20(23)24)17(12(11)2)19-16(21)10-25-18(22)13-6-4-5-7-15(13)26-3/h4-9H,10H2,1-3H3,(H,19,21). The Balaban J connectivity index is 2.09. The van der Waals surface area contributed by atoms with E-state index in [1.54, 1.807) is 44.2 Å². The van der Waals surface area contributed by atoms with Gasteiger partial charge in [-0.25, -0.2) is 4.79 Å². The van der Waals surface area contributed by atoms with Crippen LogP contribution in [0.5, 0.6) is 0 Å². The Morgan fingerprint density at radius 1 is 1.19 bits per heavy atom. The largest absolute Gasteiger partial charge is 0.452 e. The molecule has 0 atom stereocenters. The molecule has 0 saturated heterocycles. The number of esters is 1. The molecule has 8 heteroatoms. The van der Waals surface area contributed by atoms with E-state index < -0.39 is 23.4 Å². The molecule has 0 aliphatic rings. The number of ether oxygens (including phenoxy) is 1. The van der Waals surface area contributed by atoms with Crippen molar-refractivity contribution in [1.82, 2.24) is 0 Å². The molecule has 7 nitrogen and oxygen atoms in total. The van der Waals surface area contributed by atoms with Crippen LogP contribution in [-0.2, 0) is 9.53 Å². The average Bonchev–Trinajstić information content (AvgIpc) is 2.63. The van der Waals surface area contributed by atoms with Crippen LogP contribution in [0.25, 0.3) is 0 Å². The number of carbonyl (C=O) groups excluding carboxylic acids is 2. The average molecular weight is 374 g/mol. The molecule has 1 N–H and O–H groups in total. The van der Waals surface area contributed by atoms with E-state index in [-0.39, 0.29) is 11.4 Å². The van der Waals surface area contributed by atoms with Crippen LogP contribution in [0, 0.1) is 24.0 Å². The highest BCUT2D eigenvalue weighted by molar-refractivity contribution is 7.98. The fraction of sp³-hybridized carbons (Fsp3) is 0.222. The highest BCUT2D eigenvalue weighted by Crippen LogP contribution is 2.30. The molecular weight excluding hydrogens is 356 g/mol. The number of hydrogen-bond donors (Lipinski definition) is 1. The molecule has 0 saturated carbocycles. The van der Waals surface area contributed by atoms with Crippen LogP contribution in [0.4, 0.5) is 11.4 Å². The lowest BCUT2D eigenvalue weighted by molar-refractivity contribution is -0.384. The van der Waals surface area contributed by atoms with Crippen LogP contribution in [0.3, 0.4) is 0 Å². The second-order valence-corrected chi connectivity index (χ2v) is 6.33. The highest BCUT2D eigenvalue weighted by atomic mass is 32.2. The first-order valence-electron chi connectivity index (χ1n) is 7.69. The molecular formula is C18H18N2O5S. The van der Waals surface area contributed by atoms with Gasteiger partial charge >= 0.3 is 5.97 Å². The Bertz CT molecular complexity index is 867. The second-order valence-electron chi connectivity index (χ2n) is 5.48. The molecule has 2 aromatic carbocycles. The van der Waals surface area contributed by atoms with E-state index >= 15 is 0 Å². The fourth-order valence-corrected chi connectivity index (χ4v) is 2.90. The molecule has 0 aliphatic heterocycles. The summed E-state index contributed by atoms with van der Waals surface area (Å²) in [5, 5.41) is 13.6. The predicted molar refractivity (Wildman–Crippen MR) is 99.7 cm³/mol. The van der Waals surface area contributed by atoms with Crippen LogP contribution in [0.1, 0.15) is 21.5 Å². The van der Waals surface area contributed by atoms with Crippen LogP contribution >= 0.6 is 11.8 Å². The molecule has 0 spiro atoms. The lowest BCUT2D eigenvalue weighted by Gasteiger charge is -2.12. The maximum absolute atomic E-state index is 12.2. The lowest BCUT2D eigenvalue weighted by Crippen LogP contribution is -2.22. The molecule has 0 unspecified atom stereocenters. The van der Waals surface area contributed by atoms with E-state index in [2.05, 4.69) is 5.32 Å². The zero-order chi connectivity index (χ0) is 19.3. The zero-order valence-corrected chi connectivity index (χ0v) is 15.4. The normalized spacial score (nSPS) is 10.3. The molecule has 0 fully saturated rings. The third kappa shape index (κ3) is 4.40. The highest BCUT2D eigenvalue weighted by Gasteiger charge is 2.20. The number of nitrogens with one attached hydrogen (secondary N) is 1. The Labute approximate surface area is 154 Å². The number of amides is 1. The van der Waals surface area contributed by atoms with Gasteiger partial charge < -0.3 is 10.1 Å². The number of nitro groups is 1. The van der Waals surface area contributed by atoms with Crippen molar-refractivity contribution in [2.75, 3.05) is 18.2 Å². The molecule has 0 aromatic heterocycles. The quantitative estimate of drug-likeness (QED) is 0.358. The molecule has 0 bridgehead atoms. The van der Waals surface area contributed by atoms with E-state index in [4.69, 9.17) is 4.74 Å². The topological polar surface area (TPSA) is 98.5 Å². The van der Waals surface area contributed by atoms with Gasteiger partial charge in [-0.05, 0) is 43.4 Å². The first-order valence-corrected chi connectivity index (χ1v) is 8.92. The molecule has 0 radical (unpaired) electrons. The number of benzene rings is 2. The Morgan fingerprint density at radius 3 is 2.54 bits per heavy atom. The summed E-state index contributed by atoms with van der Waals surface area (Å²) >= 11 is 1.39. The zero-order valence-electron chi connectivity index (χ0n) is 14.6. The van der Waals surface area contributed by atoms with E-state index in [1.165, 1.54) is 17.8 Å². The van der Waals surface area contributed by atoms with Gasteiger partial charge in [-0.2, -0.15) is 0 Å². The minimum Gasteiger partial charge on any atom is -0.452 e. The number of carbonyl (C=O) groups is 2. The molecule has 136 valence electrons. The second kappa shape index (κ2) is 8.48. The van der Waals surface area contributed by atoms with Gasteiger partial charge in [0.2, 0.25) is 0 Å². The van der Waals surface area contributed by atoms with Crippen LogP contribution in [0.2, 0.25) is 0 Å². The maximum Gasteiger partial charge on any atom is 0.339 e. The Kier molecular flexibility index (Phi) is 6.35. The van der Waals surface area contributed by atoms with E-state index in [9.17, 15) is 19.7 Å². The monoisotopic (exact) mass is 374 g/mol. The van der Waals surface area contributed by atoms with Crippen molar-refractivity contribution in [2.24, 2.45) is 0 Å². The van der Waals surface area contributed by atoms with Gasteiger partial charge in [-0.1, -0.05) is 18.2 Å². The third-order valence-corrected chi connectivity index (χ3v) is 4.63. The van der Waals surface area contributed by atoms with Crippen molar-refractivity contribution in [2.45, 2.75) is 18.7 Å². The summed E-state index contributed by atoms with van der Waals surface area (Å²) in [7, 11) is 0. The summed E-state index contributed by atoms with van der Waals surface area (Å²) in [4.78, 5) is 35.6. The van der Waals surface area contributed by atoms with Crippen LogP contribution < -0.4 is 5.32 Å². The third-order valence-electron chi connectivity index (χ3n) is 3.84. The molecule has 2 rings (SSSR count). The first-order chi connectivity index (χ1) is 12.3. The summed E-state index contributed by atoms with van der Waals surface area (Å²) in [5.41, 5.74) is 1.66. The molecule has 2 aromatic rings. The maximum atomic E-state index is 12.2. The first kappa shape index (κ1) is 19.5. The van der Waals surface area contributed by atoms with E-state index in [0.29, 0.717) is 11.1 Å². The van der Waals surface area contributed by atoms with Crippen molar-refractivity contribution in [3.8, 4) is 0 Å². The number of aryl methyl sites for hydroxylation is 1. The Morgan fingerprint density at radius 2 is 1.88 bits per heavy atom. The summed E-state index contributed by atoms with van der Waals surface area (Å²) in [6, 6.07) is 9.84. The molecule has 26 heavy (non-hydrogen) atoms. The van der Waals surface area contributed by atoms with Crippen LogP contribution in [0.15, 0.2) is 41.3 Å². The van der Waals surface area contributed by atoms with Gasteiger partial charge in [-0.15, -0.1) is 11.8 Å². The van der Waals surface area contributed by atoms with Gasteiger partial charge in [-0.3, -0.25) is 14.9 Å². The number of thioether (sulfide) groups is 1. The number of nitrogens with zero attached hydrogens (tertiary/aromatic N) is 1. The summed E-state index contributed by atoms with van der Waals surface area (Å²) in [6.45, 7) is 2.93. The minimum absolute atomic E-state index is 0.112. The summed E-state index contributed by atoms with van der Waals surface area (Å²) < 4.78 is 5.04. The number of anilines is 1. The van der Waals surface area contributed by atoms with Gasteiger partial charge in [0.15, 0.2) is 6.61 Å². The minimum atomic E-state index is -0.642. The lowest BCUT2D eigenvalue weighted by atomic mass is 10.1. The van der Waals surface area contributed by atoms with Crippen molar-refractivity contribution in [1.29, 1.82) is 0 Å². The SMILES string of the molecule is CSc1ccccc1C(=O)OCC(=O)Nc1c([N+](=O)[O-])ccc(C)c1C. The van der Waals surface area contributed by atoms with Gasteiger partial charge in [0.25, 0.3) is 11.6 Å². The fourth-order valence-electron chi connectivity index (χ4n) is 2.31. The smallest absolute Gasteiger partial charge is 0.339 e. The number of nitro benzene ring substituents is 1. The predicted octanol–water partition coefficient (Wildman–Crippen LogP) is 3.73. The molecule has 1 amide bonds. The number of hydrogen-bond acceptors (Lipinski definition) is 6. The van der Waals surface area contributed by atoms with Gasteiger partial charge in [0.1, 0.15) is 5.69 Å². The Hall–Kier alpha value is -2.87.